The topological polar surface area (TPSA) is 84.9 Å². The number of carbonyl (C=O) groups excluding carboxylic acids is 1. The normalized spacial score (nSPS) is 18.1. The molecule has 0 radical (unpaired) electrons. The van der Waals surface area contributed by atoms with E-state index in [0.717, 1.165) is 11.3 Å². The molecule has 1 amide bonds. The van der Waals surface area contributed by atoms with Crippen molar-refractivity contribution < 1.29 is 22.7 Å². The Kier molecular flexibility index (Phi) is 8.03. The number of nitrogens with zero attached hydrogens (tertiary/aromatic N) is 1. The number of ether oxygens (including phenoxy) is 2. The molecule has 1 saturated heterocycles. The van der Waals surface area contributed by atoms with Crippen molar-refractivity contribution in [2.75, 3.05) is 26.8 Å². The fourth-order valence-corrected chi connectivity index (χ4v) is 5.60. The summed E-state index contributed by atoms with van der Waals surface area (Å²) in [5.41, 5.74) is 0.948. The summed E-state index contributed by atoms with van der Waals surface area (Å²) in [5, 5.41) is 3.25. The van der Waals surface area contributed by atoms with E-state index in [1.54, 1.807) is 13.2 Å². The third-order valence-corrected chi connectivity index (χ3v) is 7.73. The monoisotopic (exact) mass is 480 g/mol. The lowest BCUT2D eigenvalue weighted by Gasteiger charge is -2.32. The first-order valence-corrected chi connectivity index (χ1v) is 12.4. The first-order valence-electron chi connectivity index (χ1n) is 10.6. The van der Waals surface area contributed by atoms with Crippen LogP contribution < -0.4 is 14.8 Å². The number of hydrogen-bond acceptors (Lipinski definition) is 5. The van der Waals surface area contributed by atoms with Gasteiger partial charge in [0.1, 0.15) is 11.5 Å². The van der Waals surface area contributed by atoms with Crippen molar-refractivity contribution in [2.24, 2.45) is 5.92 Å². The molecule has 2 aromatic rings. The van der Waals surface area contributed by atoms with Gasteiger partial charge in [-0.2, -0.15) is 4.31 Å². The van der Waals surface area contributed by atoms with Crippen LogP contribution in [-0.2, 0) is 14.8 Å². The highest BCUT2D eigenvalue weighted by Crippen LogP contribution is 2.30. The van der Waals surface area contributed by atoms with E-state index in [1.807, 2.05) is 38.1 Å². The molecule has 1 heterocycles. The quantitative estimate of drug-likeness (QED) is 0.616. The number of benzene rings is 2. The lowest BCUT2D eigenvalue weighted by atomic mass is 9.98. The number of sulfonamides is 1. The largest absolute Gasteiger partial charge is 0.497 e. The molecular formula is C23H29ClN2O5S. The molecule has 1 N–H and O–H groups in total. The summed E-state index contributed by atoms with van der Waals surface area (Å²) in [6.07, 6.45) is 1.25. The fraction of sp³-hybridized carbons (Fsp3) is 0.435. The minimum absolute atomic E-state index is 0.0959. The predicted molar refractivity (Wildman–Crippen MR) is 124 cm³/mol. The Morgan fingerprint density at radius 3 is 2.59 bits per heavy atom. The van der Waals surface area contributed by atoms with E-state index < -0.39 is 15.9 Å². The lowest BCUT2D eigenvalue weighted by molar-refractivity contribution is -0.126. The highest BCUT2D eigenvalue weighted by molar-refractivity contribution is 7.89. The molecule has 1 aliphatic heterocycles. The van der Waals surface area contributed by atoms with Crippen LogP contribution in [0.15, 0.2) is 47.4 Å². The highest BCUT2D eigenvalue weighted by atomic mass is 35.5. The van der Waals surface area contributed by atoms with Gasteiger partial charge in [0.25, 0.3) is 0 Å². The van der Waals surface area contributed by atoms with Crippen molar-refractivity contribution >= 4 is 27.5 Å². The molecule has 0 saturated carbocycles. The first-order chi connectivity index (χ1) is 15.3. The van der Waals surface area contributed by atoms with Gasteiger partial charge in [0, 0.05) is 13.1 Å². The van der Waals surface area contributed by atoms with Gasteiger partial charge in [-0.3, -0.25) is 4.79 Å². The van der Waals surface area contributed by atoms with Crippen LogP contribution in [0.3, 0.4) is 0 Å². The summed E-state index contributed by atoms with van der Waals surface area (Å²) < 4.78 is 38.2. The van der Waals surface area contributed by atoms with Crippen molar-refractivity contribution in [3.63, 3.8) is 0 Å². The second-order valence-corrected chi connectivity index (χ2v) is 10.1. The molecule has 7 nitrogen and oxygen atoms in total. The molecule has 174 valence electrons. The van der Waals surface area contributed by atoms with E-state index in [2.05, 4.69) is 5.32 Å². The Balaban J connectivity index is 1.68. The second kappa shape index (κ2) is 10.6. The van der Waals surface area contributed by atoms with Crippen molar-refractivity contribution in [2.45, 2.75) is 37.6 Å². The van der Waals surface area contributed by atoms with Crippen molar-refractivity contribution in [1.29, 1.82) is 0 Å². The molecular weight excluding hydrogens is 452 g/mol. The van der Waals surface area contributed by atoms with E-state index >= 15 is 0 Å². The number of methoxy groups -OCH3 is 1. The van der Waals surface area contributed by atoms with Gasteiger partial charge in [-0.1, -0.05) is 23.7 Å². The molecule has 2 aromatic carbocycles. The standard InChI is InChI=1S/C23H29ClN2O5S/c1-4-31-22-12-11-20(14-21(22)24)32(28,29)26-13-5-6-18(15-26)23(27)25-16(2)17-7-9-19(30-3)10-8-17/h7-12,14,16,18H,4-6,13,15H2,1-3H3,(H,25,27)/t16-,18-/m1/s1. The van der Waals surface area contributed by atoms with Crippen LogP contribution in [0.4, 0.5) is 0 Å². The minimum atomic E-state index is -3.77. The van der Waals surface area contributed by atoms with Crippen LogP contribution in [0.1, 0.15) is 38.3 Å². The second-order valence-electron chi connectivity index (χ2n) is 7.73. The molecule has 0 unspecified atom stereocenters. The third kappa shape index (κ3) is 5.54. The van der Waals surface area contributed by atoms with Crippen molar-refractivity contribution in [3.8, 4) is 11.5 Å². The molecule has 0 bridgehead atoms. The predicted octanol–water partition coefficient (Wildman–Crippen LogP) is 4.03. The van der Waals surface area contributed by atoms with E-state index in [0.29, 0.717) is 31.7 Å². The van der Waals surface area contributed by atoms with E-state index in [4.69, 9.17) is 21.1 Å². The average molecular weight is 481 g/mol. The highest BCUT2D eigenvalue weighted by Gasteiger charge is 2.34. The van der Waals surface area contributed by atoms with Crippen LogP contribution in [0.5, 0.6) is 11.5 Å². The summed E-state index contributed by atoms with van der Waals surface area (Å²) in [5.74, 6) is 0.613. The van der Waals surface area contributed by atoms with Gasteiger partial charge in [0.2, 0.25) is 15.9 Å². The Bertz CT molecular complexity index is 1040. The Labute approximate surface area is 194 Å². The molecule has 32 heavy (non-hydrogen) atoms. The van der Waals surface area contributed by atoms with Crippen LogP contribution in [0, 0.1) is 5.92 Å². The molecule has 9 heteroatoms. The minimum Gasteiger partial charge on any atom is -0.497 e. The summed E-state index contributed by atoms with van der Waals surface area (Å²) in [7, 11) is -2.17. The molecule has 3 rings (SSSR count). The molecule has 0 aromatic heterocycles. The zero-order valence-corrected chi connectivity index (χ0v) is 20.1. The number of halogens is 1. The van der Waals surface area contributed by atoms with Crippen molar-refractivity contribution in [1.82, 2.24) is 9.62 Å². The molecule has 1 fully saturated rings. The van der Waals surface area contributed by atoms with Gasteiger partial charge < -0.3 is 14.8 Å². The zero-order chi connectivity index (χ0) is 23.3. The van der Waals surface area contributed by atoms with Crippen LogP contribution in [-0.4, -0.2) is 45.4 Å². The van der Waals surface area contributed by atoms with Gasteiger partial charge in [-0.05, 0) is 62.6 Å². The Morgan fingerprint density at radius 2 is 1.97 bits per heavy atom. The molecule has 2 atom stereocenters. The van der Waals surface area contributed by atoms with Crippen molar-refractivity contribution in [3.05, 3.63) is 53.1 Å². The molecule has 0 aliphatic carbocycles. The fourth-order valence-electron chi connectivity index (χ4n) is 3.75. The Morgan fingerprint density at radius 1 is 1.25 bits per heavy atom. The van der Waals surface area contributed by atoms with Gasteiger partial charge >= 0.3 is 0 Å². The summed E-state index contributed by atoms with van der Waals surface area (Å²) in [4.78, 5) is 13.0. The van der Waals surface area contributed by atoms with Crippen LogP contribution in [0.25, 0.3) is 0 Å². The number of amides is 1. The van der Waals surface area contributed by atoms with E-state index in [-0.39, 0.29) is 28.4 Å². The Hall–Kier alpha value is -2.29. The number of carbonyl (C=O) groups is 1. The zero-order valence-electron chi connectivity index (χ0n) is 18.5. The molecule has 0 spiro atoms. The maximum atomic E-state index is 13.2. The number of nitrogens with one attached hydrogen (secondary N) is 1. The summed E-state index contributed by atoms with van der Waals surface area (Å²) in [6, 6.07) is 11.7. The first kappa shape index (κ1) is 24.4. The van der Waals surface area contributed by atoms with Gasteiger partial charge in [-0.25, -0.2) is 8.42 Å². The smallest absolute Gasteiger partial charge is 0.243 e. The van der Waals surface area contributed by atoms with Gasteiger partial charge in [0.05, 0.1) is 35.6 Å². The lowest BCUT2D eigenvalue weighted by Crippen LogP contribution is -2.45. The maximum Gasteiger partial charge on any atom is 0.243 e. The maximum absolute atomic E-state index is 13.2. The van der Waals surface area contributed by atoms with E-state index in [9.17, 15) is 13.2 Å². The summed E-state index contributed by atoms with van der Waals surface area (Å²) in [6.45, 7) is 4.66. The number of rotatable bonds is 8. The number of hydrogen-bond donors (Lipinski definition) is 1. The van der Waals surface area contributed by atoms with Crippen LogP contribution >= 0.6 is 11.6 Å². The van der Waals surface area contributed by atoms with Gasteiger partial charge in [0.15, 0.2) is 0 Å². The third-order valence-electron chi connectivity index (χ3n) is 5.57. The SMILES string of the molecule is CCOc1ccc(S(=O)(=O)N2CCC[C@@H](C(=O)N[C@H](C)c3ccc(OC)cc3)C2)cc1Cl. The van der Waals surface area contributed by atoms with E-state index in [1.165, 1.54) is 16.4 Å². The average Bonchev–Trinajstić information content (AvgIpc) is 2.80. The van der Waals surface area contributed by atoms with Crippen LogP contribution in [0.2, 0.25) is 5.02 Å². The van der Waals surface area contributed by atoms with Gasteiger partial charge in [-0.15, -0.1) is 0 Å². The number of piperidine rings is 1. The summed E-state index contributed by atoms with van der Waals surface area (Å²) >= 11 is 6.19. The molecule has 1 aliphatic rings.